The minimum absolute atomic E-state index is 0.0489. The molecule has 8 heteroatoms. The van der Waals surface area contributed by atoms with Crippen LogP contribution in [0.3, 0.4) is 0 Å². The summed E-state index contributed by atoms with van der Waals surface area (Å²) in [6.45, 7) is -1.35. The zero-order valence-corrected chi connectivity index (χ0v) is 13.1. The topological polar surface area (TPSA) is 38.8 Å². The molecule has 0 saturated carbocycles. The predicted octanol–water partition coefficient (Wildman–Crippen LogP) is 3.10. The number of ether oxygens (including phenoxy) is 2. The first kappa shape index (κ1) is 17.6. The Labute approximate surface area is 128 Å². The number of carbonyl (C=O) groups excluding carboxylic acids is 1. The van der Waals surface area contributed by atoms with E-state index in [2.05, 4.69) is 15.9 Å². The van der Waals surface area contributed by atoms with Crippen molar-refractivity contribution in [3.63, 3.8) is 0 Å². The van der Waals surface area contributed by atoms with Gasteiger partial charge in [0.15, 0.2) is 11.5 Å². The molecule has 1 aromatic carbocycles. The molecule has 1 aromatic rings. The van der Waals surface area contributed by atoms with E-state index in [0.717, 1.165) is 4.90 Å². The van der Waals surface area contributed by atoms with Crippen LogP contribution in [0, 0.1) is 0 Å². The van der Waals surface area contributed by atoms with E-state index in [1.165, 1.54) is 32.4 Å². The second-order valence-electron chi connectivity index (χ2n) is 4.10. The monoisotopic (exact) mass is 369 g/mol. The smallest absolute Gasteiger partial charge is 0.406 e. The summed E-state index contributed by atoms with van der Waals surface area (Å²) in [6, 6.07) is 4.24. The van der Waals surface area contributed by atoms with E-state index in [0.29, 0.717) is 5.75 Å². The second kappa shape index (κ2) is 7.53. The normalized spacial score (nSPS) is 11.1. The number of rotatable bonds is 6. The van der Waals surface area contributed by atoms with Crippen molar-refractivity contribution in [3.05, 3.63) is 23.8 Å². The fourth-order valence-corrected chi connectivity index (χ4v) is 2.15. The van der Waals surface area contributed by atoms with E-state index in [4.69, 9.17) is 9.47 Å². The number of hydrogen-bond donors (Lipinski definition) is 0. The Kier molecular flexibility index (Phi) is 6.32. The molecule has 0 aliphatic rings. The summed E-state index contributed by atoms with van der Waals surface area (Å²) in [5, 5.41) is 0.252. The molecule has 0 fully saturated rings. The lowest BCUT2D eigenvalue weighted by atomic mass is 10.1. The van der Waals surface area contributed by atoms with Gasteiger partial charge < -0.3 is 14.4 Å². The Bertz CT molecular complexity index is 494. The molecule has 4 nitrogen and oxygen atoms in total. The standard InChI is InChI=1S/C13H15BrF3NO3/c1-20-10-4-3-9(7-11(10)21-2)12(19)18(6-5-14)8-13(15,16)17/h3-4,7H,5-6,8H2,1-2H3. The summed E-state index contributed by atoms with van der Waals surface area (Å²) in [5.41, 5.74) is 0.109. The summed E-state index contributed by atoms with van der Waals surface area (Å²) in [5.74, 6) is -0.0289. The van der Waals surface area contributed by atoms with Gasteiger partial charge in [-0.3, -0.25) is 4.79 Å². The molecule has 0 aromatic heterocycles. The van der Waals surface area contributed by atoms with Gasteiger partial charge in [-0.05, 0) is 18.2 Å². The lowest BCUT2D eigenvalue weighted by Crippen LogP contribution is -2.40. The Morgan fingerprint density at radius 2 is 1.86 bits per heavy atom. The molecule has 0 aliphatic heterocycles. The number of halogens is 4. The molecular weight excluding hydrogens is 355 g/mol. The van der Waals surface area contributed by atoms with Gasteiger partial charge in [0.05, 0.1) is 14.2 Å². The second-order valence-corrected chi connectivity index (χ2v) is 4.89. The first-order chi connectivity index (χ1) is 9.82. The average molecular weight is 370 g/mol. The molecule has 0 N–H and O–H groups in total. The third-order valence-electron chi connectivity index (χ3n) is 2.64. The maximum Gasteiger partial charge on any atom is 0.406 e. The third kappa shape index (κ3) is 5.11. The highest BCUT2D eigenvalue weighted by Crippen LogP contribution is 2.28. The molecule has 1 amide bonds. The Hall–Kier alpha value is -1.44. The fourth-order valence-electron chi connectivity index (χ4n) is 1.72. The highest BCUT2D eigenvalue weighted by Gasteiger charge is 2.33. The molecule has 0 saturated heterocycles. The highest BCUT2D eigenvalue weighted by molar-refractivity contribution is 9.09. The van der Waals surface area contributed by atoms with Crippen molar-refractivity contribution in [2.24, 2.45) is 0 Å². The maximum atomic E-state index is 12.5. The summed E-state index contributed by atoms with van der Waals surface area (Å²) in [7, 11) is 2.82. The van der Waals surface area contributed by atoms with Crippen LogP contribution in [0.1, 0.15) is 10.4 Å². The fraction of sp³-hybridized carbons (Fsp3) is 0.462. The highest BCUT2D eigenvalue weighted by atomic mass is 79.9. The minimum Gasteiger partial charge on any atom is -0.493 e. The lowest BCUT2D eigenvalue weighted by molar-refractivity contribution is -0.140. The molecule has 0 spiro atoms. The number of carbonyl (C=O) groups is 1. The van der Waals surface area contributed by atoms with E-state index >= 15 is 0 Å². The number of amides is 1. The van der Waals surface area contributed by atoms with Gasteiger partial charge in [0.2, 0.25) is 0 Å². The van der Waals surface area contributed by atoms with Gasteiger partial charge in [0.25, 0.3) is 5.91 Å². The van der Waals surface area contributed by atoms with Crippen LogP contribution in [0.25, 0.3) is 0 Å². The number of hydrogen-bond acceptors (Lipinski definition) is 3. The zero-order chi connectivity index (χ0) is 16.0. The molecule has 0 atom stereocenters. The van der Waals surface area contributed by atoms with Gasteiger partial charge >= 0.3 is 6.18 Å². The Morgan fingerprint density at radius 1 is 1.24 bits per heavy atom. The van der Waals surface area contributed by atoms with Crippen LogP contribution in [0.15, 0.2) is 18.2 Å². The Morgan fingerprint density at radius 3 is 2.33 bits per heavy atom. The van der Waals surface area contributed by atoms with Gasteiger partial charge in [0.1, 0.15) is 6.54 Å². The molecule has 0 heterocycles. The summed E-state index contributed by atoms with van der Waals surface area (Å²) >= 11 is 3.04. The number of methoxy groups -OCH3 is 2. The molecule has 1 rings (SSSR count). The van der Waals surface area contributed by atoms with Crippen LogP contribution in [0.4, 0.5) is 13.2 Å². The van der Waals surface area contributed by atoms with Gasteiger partial charge in [-0.25, -0.2) is 0 Å². The van der Waals surface area contributed by atoms with E-state index in [1.54, 1.807) is 0 Å². The van der Waals surface area contributed by atoms with E-state index < -0.39 is 18.6 Å². The zero-order valence-electron chi connectivity index (χ0n) is 11.5. The van der Waals surface area contributed by atoms with Gasteiger partial charge in [-0.2, -0.15) is 13.2 Å². The molecule has 118 valence electrons. The molecule has 0 unspecified atom stereocenters. The molecule has 21 heavy (non-hydrogen) atoms. The summed E-state index contributed by atoms with van der Waals surface area (Å²) < 4.78 is 47.6. The van der Waals surface area contributed by atoms with Gasteiger partial charge in [0, 0.05) is 17.4 Å². The van der Waals surface area contributed by atoms with Crippen molar-refractivity contribution < 1.29 is 27.4 Å². The summed E-state index contributed by atoms with van der Waals surface area (Å²) in [4.78, 5) is 12.9. The maximum absolute atomic E-state index is 12.5. The number of nitrogens with zero attached hydrogens (tertiary/aromatic N) is 1. The number of benzene rings is 1. The quantitative estimate of drug-likeness (QED) is 0.723. The van der Waals surface area contributed by atoms with Gasteiger partial charge in [-0.1, -0.05) is 15.9 Å². The predicted molar refractivity (Wildman–Crippen MR) is 75.3 cm³/mol. The van der Waals surface area contributed by atoms with Crippen molar-refractivity contribution in [2.75, 3.05) is 32.6 Å². The first-order valence-corrected chi connectivity index (χ1v) is 7.08. The SMILES string of the molecule is COc1ccc(C(=O)N(CCBr)CC(F)(F)F)cc1OC. The Balaban J connectivity index is 3.03. The molecule has 0 bridgehead atoms. The molecule has 0 radical (unpaired) electrons. The third-order valence-corrected chi connectivity index (χ3v) is 3.00. The van der Waals surface area contributed by atoms with Crippen LogP contribution in [-0.4, -0.2) is 49.6 Å². The van der Waals surface area contributed by atoms with Crippen LogP contribution >= 0.6 is 15.9 Å². The van der Waals surface area contributed by atoms with Gasteiger partial charge in [-0.15, -0.1) is 0 Å². The van der Waals surface area contributed by atoms with Crippen LogP contribution in [0.2, 0.25) is 0 Å². The minimum atomic E-state index is -4.45. The lowest BCUT2D eigenvalue weighted by Gasteiger charge is -2.23. The van der Waals surface area contributed by atoms with Crippen LogP contribution in [-0.2, 0) is 0 Å². The van der Waals surface area contributed by atoms with E-state index in [1.807, 2.05) is 0 Å². The summed E-state index contributed by atoms with van der Waals surface area (Å²) in [6.07, 6.45) is -4.45. The van der Waals surface area contributed by atoms with Crippen molar-refractivity contribution in [2.45, 2.75) is 6.18 Å². The van der Waals surface area contributed by atoms with Crippen molar-refractivity contribution in [3.8, 4) is 11.5 Å². The van der Waals surface area contributed by atoms with Crippen molar-refractivity contribution in [1.82, 2.24) is 4.90 Å². The number of alkyl halides is 4. The van der Waals surface area contributed by atoms with E-state index in [-0.39, 0.29) is 23.2 Å². The van der Waals surface area contributed by atoms with Crippen molar-refractivity contribution >= 4 is 21.8 Å². The van der Waals surface area contributed by atoms with E-state index in [9.17, 15) is 18.0 Å². The molecular formula is C13H15BrF3NO3. The largest absolute Gasteiger partial charge is 0.493 e. The van der Waals surface area contributed by atoms with Crippen molar-refractivity contribution in [1.29, 1.82) is 0 Å². The van der Waals surface area contributed by atoms with Crippen LogP contribution < -0.4 is 9.47 Å². The average Bonchev–Trinajstić information content (AvgIpc) is 2.43. The van der Waals surface area contributed by atoms with Crippen LogP contribution in [0.5, 0.6) is 11.5 Å². The molecule has 0 aliphatic carbocycles. The first-order valence-electron chi connectivity index (χ1n) is 5.96.